The van der Waals surface area contributed by atoms with Gasteiger partial charge in [0.15, 0.2) is 11.5 Å². The lowest BCUT2D eigenvalue weighted by atomic mass is 9.94. The first-order chi connectivity index (χ1) is 14.1. The number of aromatic nitrogens is 5. The zero-order valence-corrected chi connectivity index (χ0v) is 16.1. The van der Waals surface area contributed by atoms with Gasteiger partial charge in [0.05, 0.1) is 19.8 Å². The number of nitrogens with one attached hydrogen (secondary N) is 2. The summed E-state index contributed by atoms with van der Waals surface area (Å²) in [5.41, 5.74) is 1.87. The van der Waals surface area contributed by atoms with Crippen molar-refractivity contribution >= 4 is 17.7 Å². The van der Waals surface area contributed by atoms with Gasteiger partial charge in [-0.1, -0.05) is 17.2 Å². The van der Waals surface area contributed by atoms with Gasteiger partial charge < -0.3 is 20.1 Å². The number of amides is 1. The van der Waals surface area contributed by atoms with Gasteiger partial charge in [-0.05, 0) is 47.2 Å². The minimum atomic E-state index is -0.565. The summed E-state index contributed by atoms with van der Waals surface area (Å²) in [6.07, 6.45) is 1.61. The summed E-state index contributed by atoms with van der Waals surface area (Å²) in [5.74, 6) is 1.71. The average Bonchev–Trinajstić information content (AvgIpc) is 3.20. The molecule has 148 valence electrons. The number of methoxy groups -OCH3 is 2. The Balaban J connectivity index is 1.79. The molecule has 3 heterocycles. The van der Waals surface area contributed by atoms with E-state index in [0.29, 0.717) is 34.5 Å². The second-order valence-corrected chi connectivity index (χ2v) is 6.30. The fourth-order valence-corrected chi connectivity index (χ4v) is 3.26. The molecule has 0 bridgehead atoms. The van der Waals surface area contributed by atoms with E-state index in [2.05, 4.69) is 31.1 Å². The van der Waals surface area contributed by atoms with Crippen LogP contribution in [0, 0.1) is 0 Å². The molecule has 0 aliphatic carbocycles. The monoisotopic (exact) mass is 393 g/mol. The number of carbonyl (C=O) groups is 1. The highest BCUT2D eigenvalue weighted by Crippen LogP contribution is 2.38. The number of benzene rings is 1. The number of carbonyl (C=O) groups excluding carboxylic acids is 1. The maximum atomic E-state index is 13.2. The molecule has 1 aromatic carbocycles. The van der Waals surface area contributed by atoms with E-state index in [-0.39, 0.29) is 5.91 Å². The fourth-order valence-electron chi connectivity index (χ4n) is 3.26. The van der Waals surface area contributed by atoms with Crippen LogP contribution in [0.4, 0.5) is 11.8 Å². The molecule has 0 spiro atoms. The van der Waals surface area contributed by atoms with Gasteiger partial charge in [-0.25, -0.2) is 4.98 Å². The van der Waals surface area contributed by atoms with Crippen LogP contribution < -0.4 is 20.1 Å². The molecule has 0 fully saturated rings. The number of ether oxygens (including phenoxy) is 2. The van der Waals surface area contributed by atoms with Crippen molar-refractivity contribution in [2.45, 2.75) is 13.0 Å². The molecule has 10 heteroatoms. The molecule has 1 atom stereocenters. The number of rotatable bonds is 5. The summed E-state index contributed by atoms with van der Waals surface area (Å²) in [6.45, 7) is 1.80. The van der Waals surface area contributed by atoms with E-state index in [1.165, 1.54) is 0 Å². The van der Waals surface area contributed by atoms with Crippen molar-refractivity contribution in [3.8, 4) is 11.5 Å². The molecular weight excluding hydrogens is 374 g/mol. The number of anilines is 2. The van der Waals surface area contributed by atoms with Crippen LogP contribution in [0.1, 0.15) is 18.5 Å². The summed E-state index contributed by atoms with van der Waals surface area (Å²) >= 11 is 0. The number of pyridine rings is 1. The quantitative estimate of drug-likeness (QED) is 0.676. The van der Waals surface area contributed by atoms with Gasteiger partial charge in [0.1, 0.15) is 11.9 Å². The van der Waals surface area contributed by atoms with Crippen molar-refractivity contribution in [2.24, 2.45) is 0 Å². The Bertz CT molecular complexity index is 1080. The lowest BCUT2D eigenvalue weighted by Crippen LogP contribution is -2.31. The molecule has 0 saturated heterocycles. The summed E-state index contributed by atoms with van der Waals surface area (Å²) < 4.78 is 12.3. The Labute approximate surface area is 166 Å². The van der Waals surface area contributed by atoms with Crippen LogP contribution in [0.15, 0.2) is 53.9 Å². The van der Waals surface area contributed by atoms with E-state index in [0.717, 1.165) is 5.56 Å². The van der Waals surface area contributed by atoms with Gasteiger partial charge in [0, 0.05) is 11.9 Å². The molecule has 3 aromatic rings. The molecule has 29 heavy (non-hydrogen) atoms. The van der Waals surface area contributed by atoms with E-state index < -0.39 is 6.04 Å². The third kappa shape index (κ3) is 3.35. The van der Waals surface area contributed by atoms with Crippen LogP contribution in [0.2, 0.25) is 0 Å². The number of fused-ring (bicyclic) bond motifs is 1. The van der Waals surface area contributed by atoms with Crippen LogP contribution in [-0.2, 0) is 4.79 Å². The standard InChI is InChI=1S/C19H19N7O3/c1-11-16(18(27)22-15-6-4-5-9-20-15)17(26-19(21-11)23-24-25-26)12-7-8-13(28-2)14(10-12)29-3/h4-10,17H,1-3H3,(H,20,22,27)(H,21,23,25). The molecule has 2 aromatic heterocycles. The third-order valence-corrected chi connectivity index (χ3v) is 4.59. The highest BCUT2D eigenvalue weighted by Gasteiger charge is 2.34. The van der Waals surface area contributed by atoms with Crippen molar-refractivity contribution in [3.63, 3.8) is 0 Å². The summed E-state index contributed by atoms with van der Waals surface area (Å²) in [6, 6.07) is 10.2. The van der Waals surface area contributed by atoms with Gasteiger partial charge in [-0.15, -0.1) is 0 Å². The van der Waals surface area contributed by atoms with Gasteiger partial charge in [0.25, 0.3) is 5.91 Å². The summed E-state index contributed by atoms with van der Waals surface area (Å²) in [5, 5.41) is 17.7. The molecule has 1 aliphatic rings. The minimum absolute atomic E-state index is 0.311. The van der Waals surface area contributed by atoms with Gasteiger partial charge in [0.2, 0.25) is 5.95 Å². The molecule has 4 rings (SSSR count). The van der Waals surface area contributed by atoms with E-state index in [1.807, 2.05) is 12.1 Å². The molecule has 1 aliphatic heterocycles. The molecule has 10 nitrogen and oxygen atoms in total. The topological polar surface area (TPSA) is 116 Å². The number of hydrogen-bond donors (Lipinski definition) is 2. The van der Waals surface area contributed by atoms with Crippen molar-refractivity contribution in [3.05, 3.63) is 59.4 Å². The van der Waals surface area contributed by atoms with Gasteiger partial charge >= 0.3 is 0 Å². The van der Waals surface area contributed by atoms with Crippen LogP contribution in [-0.4, -0.2) is 45.3 Å². The van der Waals surface area contributed by atoms with Crippen LogP contribution in [0.3, 0.4) is 0 Å². The highest BCUT2D eigenvalue weighted by atomic mass is 16.5. The zero-order chi connectivity index (χ0) is 20.4. The van der Waals surface area contributed by atoms with Crippen LogP contribution >= 0.6 is 0 Å². The third-order valence-electron chi connectivity index (χ3n) is 4.59. The largest absolute Gasteiger partial charge is 0.493 e. The normalized spacial score (nSPS) is 15.3. The maximum absolute atomic E-state index is 13.2. The number of nitrogens with zero attached hydrogens (tertiary/aromatic N) is 5. The molecule has 2 N–H and O–H groups in total. The Morgan fingerprint density at radius 1 is 1.17 bits per heavy atom. The number of hydrogen-bond acceptors (Lipinski definition) is 8. The lowest BCUT2D eigenvalue weighted by molar-refractivity contribution is -0.113. The van der Waals surface area contributed by atoms with E-state index in [1.54, 1.807) is 56.3 Å². The average molecular weight is 393 g/mol. The maximum Gasteiger partial charge on any atom is 0.257 e. The first kappa shape index (κ1) is 18.4. The van der Waals surface area contributed by atoms with Crippen molar-refractivity contribution < 1.29 is 14.3 Å². The highest BCUT2D eigenvalue weighted by molar-refractivity contribution is 6.05. The van der Waals surface area contributed by atoms with E-state index in [4.69, 9.17) is 9.47 Å². The van der Waals surface area contributed by atoms with E-state index >= 15 is 0 Å². The Kier molecular flexibility index (Phi) is 4.82. The SMILES string of the molecule is COc1ccc(C2C(C(=O)Nc3ccccn3)=C(C)Nc3nnnn32)cc1OC. The van der Waals surface area contributed by atoms with Crippen molar-refractivity contribution in [1.82, 2.24) is 25.2 Å². The predicted molar refractivity (Wildman–Crippen MR) is 105 cm³/mol. The molecule has 1 amide bonds. The smallest absolute Gasteiger partial charge is 0.257 e. The zero-order valence-electron chi connectivity index (χ0n) is 16.1. The lowest BCUT2D eigenvalue weighted by Gasteiger charge is -2.28. The van der Waals surface area contributed by atoms with Crippen LogP contribution in [0.25, 0.3) is 0 Å². The Morgan fingerprint density at radius 3 is 2.72 bits per heavy atom. The van der Waals surface area contributed by atoms with Crippen LogP contribution in [0.5, 0.6) is 11.5 Å². The Hall–Kier alpha value is -3.95. The predicted octanol–water partition coefficient (Wildman–Crippen LogP) is 2.01. The Morgan fingerprint density at radius 2 is 2.00 bits per heavy atom. The van der Waals surface area contributed by atoms with Gasteiger partial charge in [-0.3, -0.25) is 4.79 Å². The minimum Gasteiger partial charge on any atom is -0.493 e. The first-order valence-electron chi connectivity index (χ1n) is 8.82. The molecular formula is C19H19N7O3. The summed E-state index contributed by atoms with van der Waals surface area (Å²) in [4.78, 5) is 17.3. The number of tetrazole rings is 1. The fraction of sp³-hybridized carbons (Fsp3) is 0.211. The molecule has 0 radical (unpaired) electrons. The molecule has 0 saturated carbocycles. The first-order valence-corrected chi connectivity index (χ1v) is 8.82. The summed E-state index contributed by atoms with van der Waals surface area (Å²) in [7, 11) is 3.12. The molecule has 1 unspecified atom stereocenters. The van der Waals surface area contributed by atoms with Gasteiger partial charge in [-0.2, -0.15) is 4.68 Å². The second kappa shape index (κ2) is 7.58. The van der Waals surface area contributed by atoms with E-state index in [9.17, 15) is 4.79 Å². The second-order valence-electron chi connectivity index (χ2n) is 6.30. The number of allylic oxidation sites excluding steroid dienone is 1. The van der Waals surface area contributed by atoms with Crippen molar-refractivity contribution in [2.75, 3.05) is 24.9 Å². The van der Waals surface area contributed by atoms with Crippen molar-refractivity contribution in [1.29, 1.82) is 0 Å².